The van der Waals surface area contributed by atoms with Crippen molar-refractivity contribution in [3.8, 4) is 5.75 Å². The van der Waals surface area contributed by atoms with Gasteiger partial charge in [-0.05, 0) is 40.0 Å². The van der Waals surface area contributed by atoms with Crippen LogP contribution in [0.5, 0.6) is 5.75 Å². The minimum absolute atomic E-state index is 0.0568. The lowest BCUT2D eigenvalue weighted by Crippen LogP contribution is -2.30. The van der Waals surface area contributed by atoms with Gasteiger partial charge in [0.1, 0.15) is 18.5 Å². The number of aromatic nitrogens is 4. The van der Waals surface area contributed by atoms with E-state index in [1.54, 1.807) is 0 Å². The van der Waals surface area contributed by atoms with Gasteiger partial charge < -0.3 is 14.4 Å². The van der Waals surface area contributed by atoms with Gasteiger partial charge in [-0.2, -0.15) is 0 Å². The summed E-state index contributed by atoms with van der Waals surface area (Å²) in [5.41, 5.74) is 0.569. The van der Waals surface area contributed by atoms with E-state index in [9.17, 15) is 14.7 Å². The molecule has 8 nitrogen and oxygen atoms in total. The summed E-state index contributed by atoms with van der Waals surface area (Å²) < 4.78 is 8.72. The standard InChI is InChI=1S/C17H19BrN4O4/c1-3-10-4-6-12(7-5-10)26-9-11(23)8-22-13-14(19-16(22)18)21(2)17(25)20-15(13)24/h4-7,11,23H,3,8-9H2,1-2H3,(H,20,24,25). The van der Waals surface area contributed by atoms with Gasteiger partial charge in [0.25, 0.3) is 5.56 Å². The Morgan fingerprint density at radius 3 is 2.65 bits per heavy atom. The number of aliphatic hydroxyl groups excluding tert-OH is 1. The molecule has 1 atom stereocenters. The molecule has 2 aromatic heterocycles. The minimum Gasteiger partial charge on any atom is -0.491 e. The predicted octanol–water partition coefficient (Wildman–Crippen LogP) is 1.19. The highest BCUT2D eigenvalue weighted by atomic mass is 79.9. The first-order valence-corrected chi connectivity index (χ1v) is 8.94. The molecule has 2 heterocycles. The number of rotatable bonds is 6. The molecule has 0 aliphatic carbocycles. The van der Waals surface area contributed by atoms with Gasteiger partial charge in [0.05, 0.1) is 6.54 Å². The molecule has 26 heavy (non-hydrogen) atoms. The van der Waals surface area contributed by atoms with Crippen LogP contribution in [0.2, 0.25) is 0 Å². The highest BCUT2D eigenvalue weighted by Crippen LogP contribution is 2.17. The molecule has 1 unspecified atom stereocenters. The number of aliphatic hydroxyl groups is 1. The van der Waals surface area contributed by atoms with Crippen LogP contribution in [-0.4, -0.2) is 36.9 Å². The third kappa shape index (κ3) is 3.58. The van der Waals surface area contributed by atoms with Crippen molar-refractivity contribution in [2.24, 2.45) is 7.05 Å². The Morgan fingerprint density at radius 2 is 2.00 bits per heavy atom. The Morgan fingerprint density at radius 1 is 1.31 bits per heavy atom. The maximum atomic E-state index is 12.1. The maximum Gasteiger partial charge on any atom is 0.329 e. The average Bonchev–Trinajstić information content (AvgIpc) is 2.95. The number of halogens is 1. The summed E-state index contributed by atoms with van der Waals surface area (Å²) in [7, 11) is 1.52. The summed E-state index contributed by atoms with van der Waals surface area (Å²) >= 11 is 3.27. The Kier molecular flexibility index (Phi) is 5.28. The molecular formula is C17H19BrN4O4. The van der Waals surface area contributed by atoms with Crippen molar-refractivity contribution >= 4 is 27.1 Å². The fourth-order valence-electron chi connectivity index (χ4n) is 2.65. The molecule has 0 amide bonds. The number of ether oxygens (including phenoxy) is 1. The first-order chi connectivity index (χ1) is 12.4. The number of aryl methyl sites for hydroxylation is 2. The second-order valence-corrected chi connectivity index (χ2v) is 6.65. The first-order valence-electron chi connectivity index (χ1n) is 8.15. The van der Waals surface area contributed by atoms with Gasteiger partial charge in [0, 0.05) is 7.05 Å². The van der Waals surface area contributed by atoms with Crippen LogP contribution in [0.3, 0.4) is 0 Å². The van der Waals surface area contributed by atoms with Gasteiger partial charge in [-0.15, -0.1) is 0 Å². The second-order valence-electron chi connectivity index (χ2n) is 5.94. The molecule has 0 saturated carbocycles. The van der Waals surface area contributed by atoms with Crippen molar-refractivity contribution in [3.63, 3.8) is 0 Å². The third-order valence-corrected chi connectivity index (χ3v) is 4.73. The van der Waals surface area contributed by atoms with E-state index >= 15 is 0 Å². The van der Waals surface area contributed by atoms with Crippen molar-refractivity contribution < 1.29 is 9.84 Å². The van der Waals surface area contributed by atoms with Crippen LogP contribution in [-0.2, 0) is 20.0 Å². The van der Waals surface area contributed by atoms with Crippen molar-refractivity contribution in [1.29, 1.82) is 0 Å². The lowest BCUT2D eigenvalue weighted by atomic mass is 10.2. The SMILES string of the molecule is CCc1ccc(OCC(O)Cn2c(Br)nc3c2c(=O)[nH]c(=O)n3C)cc1. The fourth-order valence-corrected chi connectivity index (χ4v) is 3.14. The topological polar surface area (TPSA) is 102 Å². The van der Waals surface area contributed by atoms with Crippen molar-refractivity contribution in [3.05, 3.63) is 55.4 Å². The van der Waals surface area contributed by atoms with E-state index in [0.29, 0.717) is 10.5 Å². The van der Waals surface area contributed by atoms with E-state index in [1.807, 2.05) is 24.3 Å². The predicted molar refractivity (Wildman–Crippen MR) is 101 cm³/mol. The molecule has 138 valence electrons. The average molecular weight is 423 g/mol. The van der Waals surface area contributed by atoms with Crippen LogP contribution < -0.4 is 16.0 Å². The van der Waals surface area contributed by atoms with Gasteiger partial charge in [-0.25, -0.2) is 9.78 Å². The van der Waals surface area contributed by atoms with Crippen LogP contribution in [0.25, 0.3) is 11.2 Å². The van der Waals surface area contributed by atoms with Crippen LogP contribution in [0.4, 0.5) is 0 Å². The van der Waals surface area contributed by atoms with E-state index in [0.717, 1.165) is 6.42 Å². The zero-order valence-electron chi connectivity index (χ0n) is 14.4. The van der Waals surface area contributed by atoms with Gasteiger partial charge in [-0.3, -0.25) is 14.3 Å². The summed E-state index contributed by atoms with van der Waals surface area (Å²) in [6, 6.07) is 7.66. The van der Waals surface area contributed by atoms with E-state index in [1.165, 1.54) is 21.7 Å². The lowest BCUT2D eigenvalue weighted by Gasteiger charge is -2.14. The Labute approximate surface area is 157 Å². The van der Waals surface area contributed by atoms with Gasteiger partial charge >= 0.3 is 5.69 Å². The quantitative estimate of drug-likeness (QED) is 0.580. The Bertz CT molecular complexity index is 1040. The van der Waals surface area contributed by atoms with E-state index in [-0.39, 0.29) is 24.3 Å². The third-order valence-electron chi connectivity index (χ3n) is 4.13. The van der Waals surface area contributed by atoms with Crippen molar-refractivity contribution in [1.82, 2.24) is 19.1 Å². The van der Waals surface area contributed by atoms with E-state index in [2.05, 4.69) is 32.8 Å². The molecule has 9 heteroatoms. The number of nitrogens with one attached hydrogen (secondary N) is 1. The Hall–Kier alpha value is -2.39. The summed E-state index contributed by atoms with van der Waals surface area (Å²) in [4.78, 5) is 30.2. The van der Waals surface area contributed by atoms with Gasteiger partial charge in [0.15, 0.2) is 15.9 Å². The molecule has 0 spiro atoms. The first kappa shape index (κ1) is 18.4. The van der Waals surface area contributed by atoms with Crippen LogP contribution in [0, 0.1) is 0 Å². The molecular weight excluding hydrogens is 404 g/mol. The second kappa shape index (κ2) is 7.46. The maximum absolute atomic E-state index is 12.1. The highest BCUT2D eigenvalue weighted by Gasteiger charge is 2.18. The van der Waals surface area contributed by atoms with Crippen molar-refractivity contribution in [2.75, 3.05) is 6.61 Å². The zero-order chi connectivity index (χ0) is 18.8. The number of nitrogens with zero attached hydrogens (tertiary/aromatic N) is 3. The lowest BCUT2D eigenvalue weighted by molar-refractivity contribution is 0.0928. The summed E-state index contributed by atoms with van der Waals surface area (Å²) in [6.45, 7) is 2.22. The number of fused-ring (bicyclic) bond motifs is 1. The molecule has 1 aromatic carbocycles. The molecule has 0 aliphatic heterocycles. The number of benzene rings is 1. The monoisotopic (exact) mass is 422 g/mol. The summed E-state index contributed by atoms with van der Waals surface area (Å²) in [5, 5.41) is 10.3. The molecule has 0 bridgehead atoms. The van der Waals surface area contributed by atoms with Crippen LogP contribution >= 0.6 is 15.9 Å². The van der Waals surface area contributed by atoms with Crippen molar-refractivity contribution in [2.45, 2.75) is 26.0 Å². The Balaban J connectivity index is 1.78. The number of H-pyrrole nitrogens is 1. The molecule has 3 rings (SSSR count). The minimum atomic E-state index is -0.869. The van der Waals surface area contributed by atoms with Crippen LogP contribution in [0.15, 0.2) is 38.6 Å². The number of hydrogen-bond acceptors (Lipinski definition) is 5. The molecule has 0 radical (unpaired) electrons. The molecule has 2 N–H and O–H groups in total. The van der Waals surface area contributed by atoms with E-state index < -0.39 is 17.4 Å². The summed E-state index contributed by atoms with van der Waals surface area (Å²) in [6.07, 6.45) is 0.0768. The van der Waals surface area contributed by atoms with Crippen LogP contribution in [0.1, 0.15) is 12.5 Å². The summed E-state index contributed by atoms with van der Waals surface area (Å²) in [5.74, 6) is 0.663. The zero-order valence-corrected chi connectivity index (χ0v) is 16.0. The van der Waals surface area contributed by atoms with Gasteiger partial charge in [0.2, 0.25) is 0 Å². The molecule has 0 aliphatic rings. The molecule has 3 aromatic rings. The van der Waals surface area contributed by atoms with E-state index in [4.69, 9.17) is 4.74 Å². The number of aromatic amines is 1. The molecule has 0 saturated heterocycles. The number of hydrogen-bond donors (Lipinski definition) is 2. The highest BCUT2D eigenvalue weighted by molar-refractivity contribution is 9.10. The number of imidazole rings is 1. The smallest absolute Gasteiger partial charge is 0.329 e. The molecule has 0 fully saturated rings. The normalized spacial score (nSPS) is 12.5. The fraction of sp³-hybridized carbons (Fsp3) is 0.353. The van der Waals surface area contributed by atoms with Gasteiger partial charge in [-0.1, -0.05) is 19.1 Å². The largest absolute Gasteiger partial charge is 0.491 e.